The number of allylic oxidation sites excluding steroid dienone is 4. The molecule has 3 aliphatic carbocycles. The molecule has 0 N–H and O–H groups in total. The van der Waals surface area contributed by atoms with Gasteiger partial charge in [0.15, 0.2) is 0 Å². The van der Waals surface area contributed by atoms with Crippen LogP contribution in [0.1, 0.15) is 120 Å². The molecule has 0 radical (unpaired) electrons. The molecule has 0 spiro atoms. The molecule has 0 heteroatoms. The molecular formula is C30H52. The zero-order valence-corrected chi connectivity index (χ0v) is 21.7. The van der Waals surface area contributed by atoms with E-state index >= 15 is 0 Å². The molecule has 0 aromatic carbocycles. The fourth-order valence-corrected chi connectivity index (χ4v) is 7.68. The Hall–Kier alpha value is -0.520. The molecule has 0 heterocycles. The van der Waals surface area contributed by atoms with Crippen LogP contribution in [-0.4, -0.2) is 0 Å². The molecule has 172 valence electrons. The standard InChI is InChI=1S/C30H52/c1-21-19-23(3)24(4)26(20-21)14-13-25-12-10-18-30(8)27(15-16-28(25)30)22(2)11-9-17-29(5,6)7/h13-14,21-24,27-28H,9-12,15-20H2,1-8H3/b25-13+,26-14-/t21-,22+,23-,24+,27+,28-,30+/m0/s1. The van der Waals surface area contributed by atoms with Gasteiger partial charge in [0.25, 0.3) is 0 Å². The maximum Gasteiger partial charge on any atom is -0.0143 e. The molecule has 30 heavy (non-hydrogen) atoms. The third kappa shape index (κ3) is 5.45. The van der Waals surface area contributed by atoms with Gasteiger partial charge in [0.1, 0.15) is 0 Å². The van der Waals surface area contributed by atoms with Crippen LogP contribution in [-0.2, 0) is 0 Å². The van der Waals surface area contributed by atoms with E-state index in [1.807, 2.05) is 0 Å². The summed E-state index contributed by atoms with van der Waals surface area (Å²) in [6.45, 7) is 19.8. The van der Waals surface area contributed by atoms with E-state index in [4.69, 9.17) is 0 Å². The number of rotatable bonds is 5. The highest BCUT2D eigenvalue weighted by atomic mass is 14.5. The van der Waals surface area contributed by atoms with Crippen LogP contribution in [0.4, 0.5) is 0 Å². The van der Waals surface area contributed by atoms with Crippen molar-refractivity contribution in [3.8, 4) is 0 Å². The first-order valence-electron chi connectivity index (χ1n) is 13.4. The first-order valence-corrected chi connectivity index (χ1v) is 13.4. The van der Waals surface area contributed by atoms with Gasteiger partial charge in [-0.2, -0.15) is 0 Å². The molecule has 0 nitrogen and oxygen atoms in total. The van der Waals surface area contributed by atoms with Crippen molar-refractivity contribution in [2.75, 3.05) is 0 Å². The highest BCUT2D eigenvalue weighted by Gasteiger charge is 2.50. The highest BCUT2D eigenvalue weighted by Crippen LogP contribution is 2.60. The minimum absolute atomic E-state index is 0.487. The molecule has 3 aliphatic rings. The smallest absolute Gasteiger partial charge is 0.0143 e. The maximum absolute atomic E-state index is 2.67. The summed E-state index contributed by atoms with van der Waals surface area (Å²) in [7, 11) is 0. The van der Waals surface area contributed by atoms with E-state index in [0.717, 1.165) is 35.5 Å². The molecule has 0 aliphatic heterocycles. The average molecular weight is 413 g/mol. The van der Waals surface area contributed by atoms with Gasteiger partial charge >= 0.3 is 0 Å². The largest absolute Gasteiger partial charge is 0.0669 e. The number of hydrogen-bond donors (Lipinski definition) is 0. The van der Waals surface area contributed by atoms with Gasteiger partial charge in [-0.1, -0.05) is 91.5 Å². The average Bonchev–Trinajstić information content (AvgIpc) is 3.00. The van der Waals surface area contributed by atoms with Crippen molar-refractivity contribution in [3.05, 3.63) is 23.3 Å². The van der Waals surface area contributed by atoms with E-state index in [0.29, 0.717) is 10.8 Å². The summed E-state index contributed by atoms with van der Waals surface area (Å²) in [5.41, 5.74) is 4.58. The molecule has 7 atom stereocenters. The van der Waals surface area contributed by atoms with Gasteiger partial charge in [0, 0.05) is 0 Å². The molecule has 0 aromatic rings. The molecule has 3 rings (SSSR count). The second-order valence-electron chi connectivity index (χ2n) is 13.3. The monoisotopic (exact) mass is 412 g/mol. The van der Waals surface area contributed by atoms with E-state index in [1.165, 1.54) is 64.2 Å². The molecule has 0 unspecified atom stereocenters. The van der Waals surface area contributed by atoms with Gasteiger partial charge < -0.3 is 0 Å². The van der Waals surface area contributed by atoms with Crippen molar-refractivity contribution in [2.24, 2.45) is 46.3 Å². The Morgan fingerprint density at radius 2 is 1.77 bits per heavy atom. The molecule has 0 saturated heterocycles. The van der Waals surface area contributed by atoms with E-state index in [-0.39, 0.29) is 0 Å². The summed E-state index contributed by atoms with van der Waals surface area (Å²) >= 11 is 0. The van der Waals surface area contributed by atoms with Crippen molar-refractivity contribution < 1.29 is 0 Å². The Morgan fingerprint density at radius 3 is 2.47 bits per heavy atom. The highest BCUT2D eigenvalue weighted by molar-refractivity contribution is 5.26. The van der Waals surface area contributed by atoms with Crippen LogP contribution in [0.2, 0.25) is 0 Å². The van der Waals surface area contributed by atoms with Crippen molar-refractivity contribution in [2.45, 2.75) is 120 Å². The van der Waals surface area contributed by atoms with Crippen LogP contribution in [0.15, 0.2) is 23.3 Å². The quantitative estimate of drug-likeness (QED) is 0.421. The van der Waals surface area contributed by atoms with Crippen LogP contribution in [0.3, 0.4) is 0 Å². The lowest BCUT2D eigenvalue weighted by Crippen LogP contribution is -2.36. The first-order chi connectivity index (χ1) is 14.0. The van der Waals surface area contributed by atoms with E-state index < -0.39 is 0 Å². The van der Waals surface area contributed by atoms with Gasteiger partial charge in [-0.25, -0.2) is 0 Å². The third-order valence-electron chi connectivity index (χ3n) is 9.62. The lowest BCUT2D eigenvalue weighted by Gasteiger charge is -2.44. The first kappa shape index (κ1) is 24.1. The Labute approximate surface area is 189 Å². The summed E-state index contributed by atoms with van der Waals surface area (Å²) in [4.78, 5) is 0. The molecular weight excluding hydrogens is 360 g/mol. The summed E-state index contributed by atoms with van der Waals surface area (Å²) in [5.74, 6) is 5.16. The van der Waals surface area contributed by atoms with Crippen LogP contribution >= 0.6 is 0 Å². The van der Waals surface area contributed by atoms with Crippen LogP contribution < -0.4 is 0 Å². The maximum atomic E-state index is 2.67. The predicted molar refractivity (Wildman–Crippen MR) is 134 cm³/mol. The Balaban J connectivity index is 1.69. The normalized spacial score (nSPS) is 41.3. The van der Waals surface area contributed by atoms with Crippen molar-refractivity contribution in [1.29, 1.82) is 0 Å². The lowest BCUT2D eigenvalue weighted by atomic mass is 9.60. The van der Waals surface area contributed by atoms with Crippen LogP contribution in [0.25, 0.3) is 0 Å². The van der Waals surface area contributed by atoms with Crippen LogP contribution in [0, 0.1) is 46.3 Å². The second-order valence-corrected chi connectivity index (χ2v) is 13.3. The minimum Gasteiger partial charge on any atom is -0.0669 e. The van der Waals surface area contributed by atoms with E-state index in [2.05, 4.69) is 67.5 Å². The Bertz CT molecular complexity index is 629. The van der Waals surface area contributed by atoms with Crippen molar-refractivity contribution in [3.63, 3.8) is 0 Å². The van der Waals surface area contributed by atoms with Gasteiger partial charge in [-0.3, -0.25) is 0 Å². The predicted octanol–water partition coefficient (Wildman–Crippen LogP) is 9.61. The van der Waals surface area contributed by atoms with Gasteiger partial charge in [-0.15, -0.1) is 0 Å². The molecule has 0 aromatic heterocycles. The Kier molecular flexibility index (Phi) is 7.67. The fraction of sp³-hybridized carbons (Fsp3) is 0.867. The zero-order valence-electron chi connectivity index (χ0n) is 21.7. The Morgan fingerprint density at radius 1 is 1.07 bits per heavy atom. The summed E-state index contributed by atoms with van der Waals surface area (Å²) < 4.78 is 0. The molecule has 0 amide bonds. The number of fused-ring (bicyclic) bond motifs is 1. The molecule has 0 bridgehead atoms. The summed E-state index contributed by atoms with van der Waals surface area (Å²) in [6.07, 6.45) is 19.3. The van der Waals surface area contributed by atoms with Crippen molar-refractivity contribution in [1.82, 2.24) is 0 Å². The zero-order chi connectivity index (χ0) is 22.1. The summed E-state index contributed by atoms with van der Waals surface area (Å²) in [5, 5.41) is 0. The molecule has 3 fully saturated rings. The van der Waals surface area contributed by atoms with Gasteiger partial charge in [-0.05, 0) is 97.7 Å². The number of hydrogen-bond acceptors (Lipinski definition) is 0. The lowest BCUT2D eigenvalue weighted by molar-refractivity contribution is 0.0920. The topological polar surface area (TPSA) is 0 Å². The SMILES string of the molecule is C[C@@H]1C/C(=C/C=C2\CCC[C@]3(C)[C@@H]([C@H](C)CCCC(C)(C)C)CC[C@@H]23)[C@H](C)[C@@H](C)C1. The summed E-state index contributed by atoms with van der Waals surface area (Å²) in [6, 6.07) is 0. The van der Waals surface area contributed by atoms with Gasteiger partial charge in [0.05, 0.1) is 0 Å². The van der Waals surface area contributed by atoms with E-state index in [9.17, 15) is 0 Å². The van der Waals surface area contributed by atoms with E-state index in [1.54, 1.807) is 11.1 Å². The third-order valence-corrected chi connectivity index (χ3v) is 9.62. The fourth-order valence-electron chi connectivity index (χ4n) is 7.68. The molecule has 3 saturated carbocycles. The van der Waals surface area contributed by atoms with Crippen LogP contribution in [0.5, 0.6) is 0 Å². The minimum atomic E-state index is 0.487. The van der Waals surface area contributed by atoms with Crippen molar-refractivity contribution >= 4 is 0 Å². The second kappa shape index (κ2) is 9.54. The van der Waals surface area contributed by atoms with Gasteiger partial charge in [0.2, 0.25) is 0 Å².